The van der Waals surface area contributed by atoms with E-state index in [0.29, 0.717) is 5.56 Å². The summed E-state index contributed by atoms with van der Waals surface area (Å²) in [5.41, 5.74) is 0.0102. The van der Waals surface area contributed by atoms with Crippen molar-refractivity contribution >= 4 is 17.3 Å². The van der Waals surface area contributed by atoms with Crippen molar-refractivity contribution in [3.05, 3.63) is 65.3 Å². The lowest BCUT2D eigenvalue weighted by Crippen LogP contribution is -2.43. The normalized spacial score (nSPS) is 16.2. The van der Waals surface area contributed by atoms with Gasteiger partial charge in [0.05, 0.1) is 18.4 Å². The summed E-state index contributed by atoms with van der Waals surface area (Å²) >= 11 is 0. The Hall–Kier alpha value is -3.30. The summed E-state index contributed by atoms with van der Waals surface area (Å²) in [4.78, 5) is 20.8. The molecule has 0 aliphatic carbocycles. The summed E-state index contributed by atoms with van der Waals surface area (Å²) < 4.78 is 55.4. The van der Waals surface area contributed by atoms with Gasteiger partial charge in [-0.25, -0.2) is 27.5 Å². The summed E-state index contributed by atoms with van der Waals surface area (Å²) in [6, 6.07) is 6.03. The van der Waals surface area contributed by atoms with Crippen LogP contribution in [-0.4, -0.2) is 40.5 Å². The van der Waals surface area contributed by atoms with Gasteiger partial charge in [-0.1, -0.05) is 18.2 Å². The summed E-state index contributed by atoms with van der Waals surface area (Å²) in [6.45, 7) is 0.797. The van der Waals surface area contributed by atoms with Crippen LogP contribution < -0.4 is 10.2 Å². The number of Topliss-reactive ketones (excluding diaryl/α,β-unsaturated/α-hetero) is 1. The van der Waals surface area contributed by atoms with Gasteiger partial charge in [0.15, 0.2) is 23.2 Å². The van der Waals surface area contributed by atoms with Crippen LogP contribution >= 0.6 is 0 Å². The van der Waals surface area contributed by atoms with Gasteiger partial charge in [-0.2, -0.15) is 0 Å². The Bertz CT molecular complexity index is 1020. The maximum Gasteiger partial charge on any atom is 0.265 e. The zero-order chi connectivity index (χ0) is 22.6. The molecule has 2 heterocycles. The van der Waals surface area contributed by atoms with Gasteiger partial charge < -0.3 is 10.2 Å². The fraction of sp³-hybridized carbons (Fsp3) is 0.333. The van der Waals surface area contributed by atoms with Crippen molar-refractivity contribution in [1.29, 1.82) is 5.41 Å². The molecular formula is C21H21F4N5O. The number of ketones is 1. The first-order valence-corrected chi connectivity index (χ1v) is 9.60. The van der Waals surface area contributed by atoms with Gasteiger partial charge in [-0.3, -0.25) is 10.2 Å². The number of carbonyl (C=O) groups excluding carboxylic acids is 1. The molecule has 0 spiro atoms. The standard InChI is InChI=1S/C21H21F4N5O/c1-13(31)18(27-10-14-5-2-3-6-15(14)22)9-17(26)19-28-11-16(23)20(29-19)30-8-4-7-21(24,25)12-30/h2-3,5-6,9,11,26-27H,4,7-8,10,12H2,1H3/b18-9-,26-17?. The van der Waals surface area contributed by atoms with Crippen molar-refractivity contribution < 1.29 is 22.4 Å². The van der Waals surface area contributed by atoms with Gasteiger partial charge in [0, 0.05) is 32.0 Å². The van der Waals surface area contributed by atoms with Crippen LogP contribution in [0.1, 0.15) is 31.2 Å². The minimum Gasteiger partial charge on any atom is -0.378 e. The molecule has 3 rings (SSSR count). The second kappa shape index (κ2) is 9.23. The van der Waals surface area contributed by atoms with E-state index in [2.05, 4.69) is 15.3 Å². The molecule has 0 radical (unpaired) electrons. The molecule has 0 amide bonds. The van der Waals surface area contributed by atoms with Crippen molar-refractivity contribution in [2.24, 2.45) is 0 Å². The van der Waals surface area contributed by atoms with Gasteiger partial charge in [-0.15, -0.1) is 0 Å². The van der Waals surface area contributed by atoms with Gasteiger partial charge in [0.1, 0.15) is 11.5 Å². The van der Waals surface area contributed by atoms with Crippen molar-refractivity contribution in [3.8, 4) is 0 Å². The molecule has 2 N–H and O–H groups in total. The molecule has 1 aromatic carbocycles. The molecule has 0 bridgehead atoms. The van der Waals surface area contributed by atoms with Crippen LogP contribution in [0.15, 0.2) is 42.2 Å². The van der Waals surface area contributed by atoms with E-state index in [0.717, 1.165) is 17.2 Å². The SMILES string of the molecule is CC(=O)/C(=C/C(=N)c1ncc(F)c(N2CCCC(F)(F)C2)n1)NCc1ccccc1F. The number of halogens is 4. The molecular weight excluding hydrogens is 414 g/mol. The summed E-state index contributed by atoms with van der Waals surface area (Å²) in [5, 5.41) is 10.9. The fourth-order valence-corrected chi connectivity index (χ4v) is 3.17. The number of carbonyl (C=O) groups is 1. The van der Waals surface area contributed by atoms with Crippen LogP contribution in [0.5, 0.6) is 0 Å². The Morgan fingerprint density at radius 2 is 2.03 bits per heavy atom. The van der Waals surface area contributed by atoms with E-state index in [-0.39, 0.29) is 49.0 Å². The highest BCUT2D eigenvalue weighted by molar-refractivity contribution is 6.09. The van der Waals surface area contributed by atoms with E-state index < -0.39 is 29.9 Å². The predicted molar refractivity (Wildman–Crippen MR) is 107 cm³/mol. The number of nitrogens with one attached hydrogen (secondary N) is 2. The number of hydrogen-bond donors (Lipinski definition) is 2. The number of benzene rings is 1. The van der Waals surface area contributed by atoms with E-state index in [1.54, 1.807) is 12.1 Å². The first-order chi connectivity index (χ1) is 14.7. The third kappa shape index (κ3) is 5.65. The number of piperidine rings is 1. The highest BCUT2D eigenvalue weighted by Crippen LogP contribution is 2.30. The molecule has 0 unspecified atom stereocenters. The summed E-state index contributed by atoms with van der Waals surface area (Å²) in [7, 11) is 0. The second-order valence-corrected chi connectivity index (χ2v) is 7.22. The van der Waals surface area contributed by atoms with E-state index in [1.807, 2.05) is 0 Å². The largest absolute Gasteiger partial charge is 0.378 e. The van der Waals surface area contributed by atoms with Crippen LogP contribution in [0, 0.1) is 17.0 Å². The van der Waals surface area contributed by atoms with Crippen molar-refractivity contribution in [1.82, 2.24) is 15.3 Å². The van der Waals surface area contributed by atoms with Gasteiger partial charge in [0.25, 0.3) is 5.92 Å². The highest BCUT2D eigenvalue weighted by Gasteiger charge is 2.36. The van der Waals surface area contributed by atoms with Crippen molar-refractivity contribution in [3.63, 3.8) is 0 Å². The first-order valence-electron chi connectivity index (χ1n) is 9.60. The molecule has 1 fully saturated rings. The minimum absolute atomic E-state index is 0.00372. The van der Waals surface area contributed by atoms with Crippen LogP contribution in [0.25, 0.3) is 0 Å². The molecule has 0 atom stereocenters. The highest BCUT2D eigenvalue weighted by atomic mass is 19.3. The quantitative estimate of drug-likeness (QED) is 0.394. The lowest BCUT2D eigenvalue weighted by atomic mass is 10.1. The minimum atomic E-state index is -2.96. The van der Waals surface area contributed by atoms with Crippen molar-refractivity contribution in [2.75, 3.05) is 18.0 Å². The number of hydrogen-bond acceptors (Lipinski definition) is 6. The zero-order valence-electron chi connectivity index (χ0n) is 16.8. The van der Waals surface area contributed by atoms with E-state index in [4.69, 9.17) is 5.41 Å². The average Bonchev–Trinajstić information content (AvgIpc) is 2.71. The first kappa shape index (κ1) is 22.4. The Kier molecular flexibility index (Phi) is 6.67. The van der Waals surface area contributed by atoms with Gasteiger partial charge in [-0.05, 0) is 18.6 Å². The Morgan fingerprint density at radius 3 is 2.71 bits per heavy atom. The predicted octanol–water partition coefficient (Wildman–Crippen LogP) is 3.62. The Morgan fingerprint density at radius 1 is 1.29 bits per heavy atom. The van der Waals surface area contributed by atoms with E-state index >= 15 is 0 Å². The van der Waals surface area contributed by atoms with E-state index in [9.17, 15) is 22.4 Å². The molecule has 31 heavy (non-hydrogen) atoms. The lowest BCUT2D eigenvalue weighted by Gasteiger charge is -2.33. The second-order valence-electron chi connectivity index (χ2n) is 7.22. The van der Waals surface area contributed by atoms with Gasteiger partial charge >= 0.3 is 0 Å². The Labute approximate surface area is 176 Å². The molecule has 2 aromatic rings. The molecule has 1 aliphatic rings. The topological polar surface area (TPSA) is 82.0 Å². The third-order valence-electron chi connectivity index (χ3n) is 4.75. The average molecular weight is 435 g/mol. The number of nitrogens with zero attached hydrogens (tertiary/aromatic N) is 3. The molecule has 1 aliphatic heterocycles. The smallest absolute Gasteiger partial charge is 0.265 e. The molecule has 1 saturated heterocycles. The molecule has 1 aromatic heterocycles. The number of alkyl halides is 2. The Balaban J connectivity index is 1.81. The van der Waals surface area contributed by atoms with Crippen LogP contribution in [0.4, 0.5) is 23.4 Å². The maximum absolute atomic E-state index is 14.2. The van der Waals surface area contributed by atoms with Crippen LogP contribution in [0.2, 0.25) is 0 Å². The maximum atomic E-state index is 14.2. The van der Waals surface area contributed by atoms with Crippen LogP contribution in [-0.2, 0) is 11.3 Å². The van der Waals surface area contributed by atoms with E-state index in [1.165, 1.54) is 19.1 Å². The van der Waals surface area contributed by atoms with Crippen LogP contribution in [0.3, 0.4) is 0 Å². The molecule has 0 saturated carbocycles. The number of rotatable bonds is 7. The number of aromatic nitrogens is 2. The number of anilines is 1. The molecule has 6 nitrogen and oxygen atoms in total. The summed E-state index contributed by atoms with van der Waals surface area (Å²) in [6.07, 6.45) is 1.85. The summed E-state index contributed by atoms with van der Waals surface area (Å²) in [5.74, 6) is -5.23. The lowest BCUT2D eigenvalue weighted by molar-refractivity contribution is -0.114. The molecule has 164 valence electrons. The van der Waals surface area contributed by atoms with Gasteiger partial charge in [0.2, 0.25) is 0 Å². The van der Waals surface area contributed by atoms with Crippen molar-refractivity contribution in [2.45, 2.75) is 32.2 Å². The third-order valence-corrected chi connectivity index (χ3v) is 4.75. The monoisotopic (exact) mass is 435 g/mol. The fourth-order valence-electron chi connectivity index (χ4n) is 3.17. The number of allylic oxidation sites excluding steroid dienone is 2. The molecule has 10 heteroatoms. The zero-order valence-corrected chi connectivity index (χ0v) is 16.8.